The highest BCUT2D eigenvalue weighted by molar-refractivity contribution is 5.57. The van der Waals surface area contributed by atoms with Crippen LogP contribution < -0.4 is 5.32 Å². The van der Waals surface area contributed by atoms with Crippen molar-refractivity contribution in [1.29, 1.82) is 0 Å². The van der Waals surface area contributed by atoms with Gasteiger partial charge in [-0.25, -0.2) is 0 Å². The van der Waals surface area contributed by atoms with Gasteiger partial charge in [-0.2, -0.15) is 0 Å². The first-order valence-corrected chi connectivity index (χ1v) is 4.19. The van der Waals surface area contributed by atoms with Gasteiger partial charge < -0.3 is 14.3 Å². The molecule has 0 aromatic carbocycles. The average molecular weight is 173 g/mol. The number of carbonyl (C=O) groups excluding carboxylic acids is 1. The molecule has 0 spiro atoms. The SMILES string of the molecule is CCC(C=O)NC1CC(OC)O1. The van der Waals surface area contributed by atoms with Crippen LogP contribution in [-0.4, -0.2) is 32.0 Å². The summed E-state index contributed by atoms with van der Waals surface area (Å²) in [4.78, 5) is 10.4. The molecule has 0 aromatic heterocycles. The number of ether oxygens (including phenoxy) is 2. The minimum absolute atomic E-state index is 0.00917. The van der Waals surface area contributed by atoms with Gasteiger partial charge in [0.05, 0.1) is 6.04 Å². The second-order valence-corrected chi connectivity index (χ2v) is 2.84. The number of hydrogen-bond acceptors (Lipinski definition) is 4. The molecule has 0 aliphatic carbocycles. The van der Waals surface area contributed by atoms with Gasteiger partial charge in [0.25, 0.3) is 0 Å². The Bertz CT molecular complexity index is 145. The minimum Gasteiger partial charge on any atom is -0.356 e. The highest BCUT2D eigenvalue weighted by Crippen LogP contribution is 2.18. The second kappa shape index (κ2) is 4.54. The minimum atomic E-state index is -0.0911. The molecule has 1 aliphatic heterocycles. The van der Waals surface area contributed by atoms with E-state index < -0.39 is 0 Å². The van der Waals surface area contributed by atoms with Crippen LogP contribution in [0.3, 0.4) is 0 Å². The molecule has 1 heterocycles. The van der Waals surface area contributed by atoms with Crippen LogP contribution in [0.25, 0.3) is 0 Å². The zero-order chi connectivity index (χ0) is 8.97. The van der Waals surface area contributed by atoms with E-state index in [1.165, 1.54) is 0 Å². The molecule has 12 heavy (non-hydrogen) atoms. The van der Waals surface area contributed by atoms with E-state index in [0.717, 1.165) is 19.1 Å². The van der Waals surface area contributed by atoms with Crippen molar-refractivity contribution in [2.75, 3.05) is 7.11 Å². The Labute approximate surface area is 72.2 Å². The van der Waals surface area contributed by atoms with E-state index in [4.69, 9.17) is 9.47 Å². The molecule has 4 heteroatoms. The second-order valence-electron chi connectivity index (χ2n) is 2.84. The molecule has 70 valence electrons. The van der Waals surface area contributed by atoms with Crippen LogP contribution >= 0.6 is 0 Å². The molecule has 1 fully saturated rings. The zero-order valence-electron chi connectivity index (χ0n) is 7.45. The number of aldehydes is 1. The quantitative estimate of drug-likeness (QED) is 0.606. The molecule has 0 bridgehead atoms. The van der Waals surface area contributed by atoms with Crippen LogP contribution in [0.5, 0.6) is 0 Å². The van der Waals surface area contributed by atoms with Crippen LogP contribution in [0.15, 0.2) is 0 Å². The molecule has 0 radical (unpaired) electrons. The summed E-state index contributed by atoms with van der Waals surface area (Å²) in [5.41, 5.74) is 0. The predicted octanol–water partition coefficient (Wildman–Crippen LogP) is 0.272. The summed E-state index contributed by atoms with van der Waals surface area (Å²) in [6, 6.07) is -0.0900. The molecule has 1 saturated heterocycles. The summed E-state index contributed by atoms with van der Waals surface area (Å²) >= 11 is 0. The fraction of sp³-hybridized carbons (Fsp3) is 0.875. The lowest BCUT2D eigenvalue weighted by Gasteiger charge is -2.36. The fourth-order valence-corrected chi connectivity index (χ4v) is 1.10. The molecule has 1 rings (SSSR count). The number of hydrogen-bond donors (Lipinski definition) is 1. The van der Waals surface area contributed by atoms with E-state index >= 15 is 0 Å². The van der Waals surface area contributed by atoms with E-state index in [2.05, 4.69) is 5.32 Å². The van der Waals surface area contributed by atoms with Gasteiger partial charge in [0.1, 0.15) is 12.5 Å². The third kappa shape index (κ3) is 2.27. The van der Waals surface area contributed by atoms with Gasteiger partial charge in [-0.1, -0.05) is 6.92 Å². The molecule has 4 nitrogen and oxygen atoms in total. The fourth-order valence-electron chi connectivity index (χ4n) is 1.10. The first-order valence-electron chi connectivity index (χ1n) is 4.19. The maximum atomic E-state index is 10.4. The average Bonchev–Trinajstić information content (AvgIpc) is 2.03. The van der Waals surface area contributed by atoms with Crippen molar-refractivity contribution in [3.63, 3.8) is 0 Å². The predicted molar refractivity (Wildman–Crippen MR) is 43.6 cm³/mol. The Morgan fingerprint density at radius 3 is 2.92 bits per heavy atom. The number of rotatable bonds is 5. The lowest BCUT2D eigenvalue weighted by molar-refractivity contribution is -0.256. The number of methoxy groups -OCH3 is 1. The largest absolute Gasteiger partial charge is 0.356 e. The van der Waals surface area contributed by atoms with Crippen molar-refractivity contribution in [2.45, 2.75) is 38.3 Å². The van der Waals surface area contributed by atoms with Crippen molar-refractivity contribution in [1.82, 2.24) is 5.32 Å². The van der Waals surface area contributed by atoms with Crippen LogP contribution in [0.1, 0.15) is 19.8 Å². The van der Waals surface area contributed by atoms with E-state index in [9.17, 15) is 4.79 Å². The topological polar surface area (TPSA) is 47.6 Å². The molecular formula is C8H15NO3. The number of carbonyl (C=O) groups is 1. The normalized spacial score (nSPS) is 30.8. The van der Waals surface area contributed by atoms with Crippen molar-refractivity contribution >= 4 is 6.29 Å². The molecule has 3 atom stereocenters. The van der Waals surface area contributed by atoms with Crippen molar-refractivity contribution in [2.24, 2.45) is 0 Å². The van der Waals surface area contributed by atoms with Crippen LogP contribution in [0.4, 0.5) is 0 Å². The summed E-state index contributed by atoms with van der Waals surface area (Å²) < 4.78 is 10.1. The zero-order valence-corrected chi connectivity index (χ0v) is 7.45. The first kappa shape index (κ1) is 9.64. The van der Waals surface area contributed by atoms with E-state index in [1.807, 2.05) is 6.92 Å². The standard InChI is InChI=1S/C8H15NO3/c1-3-6(5-10)9-7-4-8(11-2)12-7/h5-9H,3-4H2,1-2H3. The molecule has 1 N–H and O–H groups in total. The van der Waals surface area contributed by atoms with Gasteiger partial charge in [0, 0.05) is 13.5 Å². The highest BCUT2D eigenvalue weighted by atomic mass is 16.7. The van der Waals surface area contributed by atoms with Gasteiger partial charge in [0.15, 0.2) is 6.29 Å². The van der Waals surface area contributed by atoms with E-state index in [1.54, 1.807) is 7.11 Å². The summed E-state index contributed by atoms with van der Waals surface area (Å²) in [6.45, 7) is 1.96. The van der Waals surface area contributed by atoms with Gasteiger partial charge in [-0.05, 0) is 6.42 Å². The van der Waals surface area contributed by atoms with Crippen molar-refractivity contribution in [3.05, 3.63) is 0 Å². The van der Waals surface area contributed by atoms with Crippen molar-refractivity contribution in [3.8, 4) is 0 Å². The Balaban J connectivity index is 2.13. The first-order chi connectivity index (χ1) is 5.80. The Hall–Kier alpha value is -0.450. The van der Waals surface area contributed by atoms with Gasteiger partial charge in [-0.3, -0.25) is 5.32 Å². The van der Waals surface area contributed by atoms with Crippen LogP contribution in [-0.2, 0) is 14.3 Å². The van der Waals surface area contributed by atoms with Gasteiger partial charge in [-0.15, -0.1) is 0 Å². The van der Waals surface area contributed by atoms with Crippen molar-refractivity contribution < 1.29 is 14.3 Å². The maximum Gasteiger partial charge on any atom is 0.163 e. The summed E-state index contributed by atoms with van der Waals surface area (Å²) in [5.74, 6) is 0. The van der Waals surface area contributed by atoms with E-state index in [0.29, 0.717) is 0 Å². The Morgan fingerprint density at radius 1 is 1.83 bits per heavy atom. The molecular weight excluding hydrogens is 158 g/mol. The highest BCUT2D eigenvalue weighted by Gasteiger charge is 2.30. The molecule has 1 aliphatic rings. The lowest BCUT2D eigenvalue weighted by atomic mass is 10.2. The van der Waals surface area contributed by atoms with Crippen LogP contribution in [0, 0.1) is 0 Å². The third-order valence-electron chi connectivity index (χ3n) is 1.99. The van der Waals surface area contributed by atoms with Crippen LogP contribution in [0.2, 0.25) is 0 Å². The van der Waals surface area contributed by atoms with E-state index in [-0.39, 0.29) is 18.6 Å². The smallest absolute Gasteiger partial charge is 0.163 e. The molecule has 0 aromatic rings. The summed E-state index contributed by atoms with van der Waals surface area (Å²) in [6.07, 6.45) is 2.42. The molecule has 0 amide bonds. The monoisotopic (exact) mass is 173 g/mol. The third-order valence-corrected chi connectivity index (χ3v) is 1.99. The Kier molecular flexibility index (Phi) is 3.65. The molecule has 0 saturated carbocycles. The lowest BCUT2D eigenvalue weighted by Crippen LogP contribution is -2.51. The summed E-state index contributed by atoms with van der Waals surface area (Å²) in [5, 5.41) is 3.05. The maximum absolute atomic E-state index is 10.4. The summed E-state index contributed by atoms with van der Waals surface area (Å²) in [7, 11) is 1.61. The van der Waals surface area contributed by atoms with Gasteiger partial charge in [0.2, 0.25) is 0 Å². The molecule has 3 unspecified atom stereocenters. The Morgan fingerprint density at radius 2 is 2.50 bits per heavy atom. The number of nitrogens with one attached hydrogen (secondary N) is 1. The van der Waals surface area contributed by atoms with Gasteiger partial charge >= 0.3 is 0 Å².